The standard InChI is InChI=1S/C13H18ClNO2/c1-4-8-11(13(2,3)15)9(14)7-10-12(8)17-6-5-16-10/h7H,4-6,15H2,1-3H3. The van der Waals surface area contributed by atoms with Gasteiger partial charge in [0.2, 0.25) is 0 Å². The lowest BCUT2D eigenvalue weighted by Crippen LogP contribution is -2.31. The quantitative estimate of drug-likeness (QED) is 0.884. The third-order valence-electron chi connectivity index (χ3n) is 2.88. The molecule has 0 bridgehead atoms. The Balaban J connectivity index is 2.67. The lowest BCUT2D eigenvalue weighted by atomic mass is 9.88. The highest BCUT2D eigenvalue weighted by Gasteiger charge is 2.28. The molecule has 1 aromatic carbocycles. The fourth-order valence-electron chi connectivity index (χ4n) is 2.25. The summed E-state index contributed by atoms with van der Waals surface area (Å²) in [6.07, 6.45) is 0.822. The smallest absolute Gasteiger partial charge is 0.164 e. The van der Waals surface area contributed by atoms with Crippen LogP contribution in [0.5, 0.6) is 11.5 Å². The highest BCUT2D eigenvalue weighted by molar-refractivity contribution is 6.31. The highest BCUT2D eigenvalue weighted by atomic mass is 35.5. The van der Waals surface area contributed by atoms with E-state index in [1.54, 1.807) is 6.07 Å². The summed E-state index contributed by atoms with van der Waals surface area (Å²) in [4.78, 5) is 0. The number of nitrogens with two attached hydrogens (primary N) is 1. The zero-order valence-corrected chi connectivity index (χ0v) is 11.2. The van der Waals surface area contributed by atoms with E-state index in [2.05, 4.69) is 6.92 Å². The van der Waals surface area contributed by atoms with Crippen LogP contribution in [0.15, 0.2) is 6.07 Å². The van der Waals surface area contributed by atoms with E-state index in [9.17, 15) is 0 Å². The zero-order valence-electron chi connectivity index (χ0n) is 10.5. The zero-order chi connectivity index (χ0) is 12.6. The second-order valence-corrected chi connectivity index (χ2v) is 5.22. The maximum absolute atomic E-state index is 6.31. The van der Waals surface area contributed by atoms with E-state index < -0.39 is 5.54 Å². The minimum Gasteiger partial charge on any atom is -0.486 e. The van der Waals surface area contributed by atoms with Crippen molar-refractivity contribution >= 4 is 11.6 Å². The highest BCUT2D eigenvalue weighted by Crippen LogP contribution is 2.43. The summed E-state index contributed by atoms with van der Waals surface area (Å²) >= 11 is 6.31. The summed E-state index contributed by atoms with van der Waals surface area (Å²) in [5.41, 5.74) is 7.70. The molecule has 0 amide bonds. The third-order valence-corrected chi connectivity index (χ3v) is 3.18. The van der Waals surface area contributed by atoms with Crippen LogP contribution in [0, 0.1) is 0 Å². The molecule has 0 atom stereocenters. The molecule has 0 saturated heterocycles. The van der Waals surface area contributed by atoms with Crippen LogP contribution < -0.4 is 15.2 Å². The van der Waals surface area contributed by atoms with E-state index in [0.29, 0.717) is 18.2 Å². The molecule has 17 heavy (non-hydrogen) atoms. The summed E-state index contributed by atoms with van der Waals surface area (Å²) < 4.78 is 11.3. The molecule has 1 heterocycles. The minimum absolute atomic E-state index is 0.488. The number of benzene rings is 1. The summed E-state index contributed by atoms with van der Waals surface area (Å²) in [5.74, 6) is 1.53. The first-order valence-electron chi connectivity index (χ1n) is 5.85. The summed E-state index contributed by atoms with van der Waals surface area (Å²) in [6, 6.07) is 1.80. The van der Waals surface area contributed by atoms with Gasteiger partial charge >= 0.3 is 0 Å². The van der Waals surface area contributed by atoms with Gasteiger partial charge in [-0.25, -0.2) is 0 Å². The molecule has 0 aromatic heterocycles. The van der Waals surface area contributed by atoms with Crippen molar-refractivity contribution in [2.45, 2.75) is 32.7 Å². The van der Waals surface area contributed by atoms with Gasteiger partial charge in [-0.2, -0.15) is 0 Å². The van der Waals surface area contributed by atoms with E-state index in [4.69, 9.17) is 26.8 Å². The van der Waals surface area contributed by atoms with Gasteiger partial charge < -0.3 is 15.2 Å². The summed E-state index contributed by atoms with van der Waals surface area (Å²) in [7, 11) is 0. The van der Waals surface area contributed by atoms with Crippen LogP contribution in [0.3, 0.4) is 0 Å². The molecule has 2 rings (SSSR count). The van der Waals surface area contributed by atoms with Gasteiger partial charge in [0.05, 0.1) is 0 Å². The fourth-order valence-corrected chi connectivity index (χ4v) is 2.71. The van der Waals surface area contributed by atoms with Crippen molar-refractivity contribution in [3.63, 3.8) is 0 Å². The number of rotatable bonds is 2. The molecular formula is C13H18ClNO2. The van der Waals surface area contributed by atoms with E-state index in [0.717, 1.165) is 29.0 Å². The minimum atomic E-state index is -0.488. The van der Waals surface area contributed by atoms with Crippen molar-refractivity contribution in [2.75, 3.05) is 13.2 Å². The molecule has 4 heteroatoms. The monoisotopic (exact) mass is 255 g/mol. The maximum atomic E-state index is 6.31. The molecule has 0 unspecified atom stereocenters. The number of ether oxygens (including phenoxy) is 2. The second-order valence-electron chi connectivity index (χ2n) is 4.81. The molecule has 0 spiro atoms. The third kappa shape index (κ3) is 2.22. The normalized spacial score (nSPS) is 14.9. The first kappa shape index (κ1) is 12.5. The Morgan fingerprint density at radius 2 is 2.00 bits per heavy atom. The molecule has 1 aliphatic rings. The molecule has 2 N–H and O–H groups in total. The van der Waals surface area contributed by atoms with Crippen molar-refractivity contribution in [3.8, 4) is 11.5 Å². The Kier molecular flexibility index (Phi) is 3.23. The van der Waals surface area contributed by atoms with Gasteiger partial charge in [0.1, 0.15) is 13.2 Å². The van der Waals surface area contributed by atoms with Crippen molar-refractivity contribution in [2.24, 2.45) is 5.73 Å². The Hall–Kier alpha value is -0.930. The lowest BCUT2D eigenvalue weighted by molar-refractivity contribution is 0.169. The average Bonchev–Trinajstić information content (AvgIpc) is 2.25. The van der Waals surface area contributed by atoms with Crippen LogP contribution in [0.25, 0.3) is 0 Å². The number of hydrogen-bond acceptors (Lipinski definition) is 3. The molecular weight excluding hydrogens is 238 g/mol. The summed E-state index contributed by atoms with van der Waals surface area (Å²) in [5, 5.41) is 0.651. The van der Waals surface area contributed by atoms with E-state index >= 15 is 0 Å². The molecule has 0 radical (unpaired) electrons. The van der Waals surface area contributed by atoms with Crippen molar-refractivity contribution in [3.05, 3.63) is 22.2 Å². The Bertz CT molecular complexity index is 438. The van der Waals surface area contributed by atoms with Gasteiger partial charge in [-0.05, 0) is 25.8 Å². The maximum Gasteiger partial charge on any atom is 0.164 e. The molecule has 1 aliphatic heterocycles. The second kappa shape index (κ2) is 4.39. The van der Waals surface area contributed by atoms with Gasteiger partial charge in [-0.1, -0.05) is 18.5 Å². The molecule has 0 aliphatic carbocycles. The fraction of sp³-hybridized carbons (Fsp3) is 0.538. The van der Waals surface area contributed by atoms with E-state index in [-0.39, 0.29) is 0 Å². The van der Waals surface area contributed by atoms with Crippen molar-refractivity contribution in [1.82, 2.24) is 0 Å². The SMILES string of the molecule is CCc1c2c(cc(Cl)c1C(C)(C)N)OCCO2. The molecule has 94 valence electrons. The van der Waals surface area contributed by atoms with E-state index in [1.165, 1.54) is 0 Å². The number of hydrogen-bond donors (Lipinski definition) is 1. The van der Waals surface area contributed by atoms with Gasteiger partial charge in [-0.15, -0.1) is 0 Å². The predicted molar refractivity (Wildman–Crippen MR) is 69.0 cm³/mol. The lowest BCUT2D eigenvalue weighted by Gasteiger charge is -2.29. The van der Waals surface area contributed by atoms with E-state index in [1.807, 2.05) is 13.8 Å². The van der Waals surface area contributed by atoms with Gasteiger partial charge in [0, 0.05) is 22.2 Å². The topological polar surface area (TPSA) is 44.5 Å². The summed E-state index contributed by atoms with van der Waals surface area (Å²) in [6.45, 7) is 7.11. The number of fused-ring (bicyclic) bond motifs is 1. The average molecular weight is 256 g/mol. The number of halogens is 1. The van der Waals surface area contributed by atoms with Crippen molar-refractivity contribution in [1.29, 1.82) is 0 Å². The van der Waals surface area contributed by atoms with Gasteiger partial charge in [0.25, 0.3) is 0 Å². The van der Waals surface area contributed by atoms with Crippen LogP contribution in [0.2, 0.25) is 5.02 Å². The van der Waals surface area contributed by atoms with Crippen LogP contribution in [0.4, 0.5) is 0 Å². The Morgan fingerprint density at radius 1 is 1.35 bits per heavy atom. The molecule has 3 nitrogen and oxygen atoms in total. The molecule has 0 saturated carbocycles. The predicted octanol–water partition coefficient (Wildman–Crippen LogP) is 2.87. The largest absolute Gasteiger partial charge is 0.486 e. The Morgan fingerprint density at radius 3 is 2.59 bits per heavy atom. The van der Waals surface area contributed by atoms with Crippen molar-refractivity contribution < 1.29 is 9.47 Å². The molecule has 0 fully saturated rings. The molecule has 1 aromatic rings. The van der Waals surface area contributed by atoms with Crippen LogP contribution in [-0.2, 0) is 12.0 Å². The Labute approximate surface area is 107 Å². The first-order valence-corrected chi connectivity index (χ1v) is 6.23. The van der Waals surface area contributed by atoms with Crippen LogP contribution in [0.1, 0.15) is 31.9 Å². The first-order chi connectivity index (χ1) is 7.95. The van der Waals surface area contributed by atoms with Crippen LogP contribution in [-0.4, -0.2) is 13.2 Å². The van der Waals surface area contributed by atoms with Gasteiger partial charge in [0.15, 0.2) is 11.5 Å². The van der Waals surface area contributed by atoms with Gasteiger partial charge in [-0.3, -0.25) is 0 Å². The van der Waals surface area contributed by atoms with Crippen LogP contribution >= 0.6 is 11.6 Å².